The lowest BCUT2D eigenvalue weighted by Gasteiger charge is -2.08. The summed E-state index contributed by atoms with van der Waals surface area (Å²) in [5.41, 5.74) is 1.30. The van der Waals surface area contributed by atoms with Crippen LogP contribution in [-0.4, -0.2) is 25.3 Å². The highest BCUT2D eigenvalue weighted by atomic mass is 35.5. The molecule has 0 spiro atoms. The molecule has 1 N–H and O–H groups in total. The number of nitrogens with one attached hydrogen (secondary N) is 1. The lowest BCUT2D eigenvalue weighted by Crippen LogP contribution is -2.13. The van der Waals surface area contributed by atoms with Crippen LogP contribution in [0.3, 0.4) is 0 Å². The molecule has 3 rings (SSSR count). The maximum absolute atomic E-state index is 12.5. The number of rotatable bonds is 6. The quantitative estimate of drug-likeness (QED) is 0.663. The lowest BCUT2D eigenvalue weighted by atomic mass is 10.2. The molecule has 0 aliphatic rings. The first-order valence-electron chi connectivity index (χ1n) is 7.50. The molecule has 0 saturated heterocycles. The van der Waals surface area contributed by atoms with Gasteiger partial charge in [0.15, 0.2) is 0 Å². The van der Waals surface area contributed by atoms with Crippen molar-refractivity contribution in [2.75, 3.05) is 11.8 Å². The van der Waals surface area contributed by atoms with E-state index in [9.17, 15) is 8.42 Å². The number of ether oxygens (including phenoxy) is 1. The normalized spacial score (nSPS) is 11.3. The number of aromatic nitrogens is 2. The van der Waals surface area contributed by atoms with Crippen molar-refractivity contribution in [1.82, 2.24) is 9.78 Å². The third-order valence-electron chi connectivity index (χ3n) is 3.55. The predicted molar refractivity (Wildman–Crippen MR) is 102 cm³/mol. The van der Waals surface area contributed by atoms with Crippen molar-refractivity contribution in [3.05, 3.63) is 70.5 Å². The van der Waals surface area contributed by atoms with Gasteiger partial charge in [-0.3, -0.25) is 9.40 Å². The molecule has 0 atom stereocenters. The SMILES string of the molecule is COc1cccc(Cn2cc(NS(=O)(=O)c3cc(Cl)ccc3Cl)cn2)c1. The van der Waals surface area contributed by atoms with Crippen molar-refractivity contribution in [2.45, 2.75) is 11.4 Å². The van der Waals surface area contributed by atoms with Crippen LogP contribution < -0.4 is 9.46 Å². The molecule has 0 aliphatic heterocycles. The van der Waals surface area contributed by atoms with Crippen molar-refractivity contribution in [1.29, 1.82) is 0 Å². The molecule has 0 saturated carbocycles. The Hall–Kier alpha value is -2.22. The van der Waals surface area contributed by atoms with Gasteiger partial charge >= 0.3 is 0 Å². The molecule has 136 valence electrons. The molecule has 6 nitrogen and oxygen atoms in total. The molecule has 0 amide bonds. The van der Waals surface area contributed by atoms with E-state index in [1.807, 2.05) is 24.3 Å². The van der Waals surface area contributed by atoms with Gasteiger partial charge in [0.2, 0.25) is 0 Å². The van der Waals surface area contributed by atoms with Crippen molar-refractivity contribution >= 4 is 38.9 Å². The van der Waals surface area contributed by atoms with Gasteiger partial charge in [0.05, 0.1) is 30.6 Å². The van der Waals surface area contributed by atoms with E-state index in [4.69, 9.17) is 27.9 Å². The zero-order valence-electron chi connectivity index (χ0n) is 13.7. The Kier molecular flexibility index (Phi) is 5.41. The molecule has 1 aromatic heterocycles. The van der Waals surface area contributed by atoms with E-state index in [2.05, 4.69) is 9.82 Å². The minimum Gasteiger partial charge on any atom is -0.497 e. The van der Waals surface area contributed by atoms with Crippen molar-refractivity contribution in [3.63, 3.8) is 0 Å². The first-order valence-corrected chi connectivity index (χ1v) is 9.74. The second kappa shape index (κ2) is 7.57. The monoisotopic (exact) mass is 411 g/mol. The molecular formula is C17H15Cl2N3O3S. The second-order valence-corrected chi connectivity index (χ2v) is 7.95. The van der Waals surface area contributed by atoms with Crippen LogP contribution in [0.15, 0.2) is 59.8 Å². The van der Waals surface area contributed by atoms with Crippen LogP contribution in [0.1, 0.15) is 5.56 Å². The summed E-state index contributed by atoms with van der Waals surface area (Å²) in [4.78, 5) is -0.0905. The Morgan fingerprint density at radius 3 is 2.77 bits per heavy atom. The zero-order valence-corrected chi connectivity index (χ0v) is 16.0. The summed E-state index contributed by atoms with van der Waals surface area (Å²) in [5.74, 6) is 0.742. The molecular weight excluding hydrogens is 397 g/mol. The average molecular weight is 412 g/mol. The standard InChI is InChI=1S/C17H15Cl2N3O3S/c1-25-15-4-2-3-12(7-15)10-22-11-14(9-20-22)21-26(23,24)17-8-13(18)5-6-16(17)19/h2-9,11,21H,10H2,1H3. The largest absolute Gasteiger partial charge is 0.497 e. The molecule has 2 aromatic carbocycles. The molecule has 0 unspecified atom stereocenters. The number of halogens is 2. The van der Waals surface area contributed by atoms with Gasteiger partial charge in [-0.05, 0) is 35.9 Å². The summed E-state index contributed by atoms with van der Waals surface area (Å²) in [7, 11) is -2.28. The summed E-state index contributed by atoms with van der Waals surface area (Å²) in [5, 5.41) is 4.54. The van der Waals surface area contributed by atoms with Gasteiger partial charge < -0.3 is 4.74 Å². The highest BCUT2D eigenvalue weighted by Gasteiger charge is 2.19. The van der Waals surface area contributed by atoms with E-state index < -0.39 is 10.0 Å². The summed E-state index contributed by atoms with van der Waals surface area (Å²) in [6.45, 7) is 0.469. The fourth-order valence-corrected chi connectivity index (χ4v) is 4.15. The number of benzene rings is 2. The van der Waals surface area contributed by atoms with E-state index in [0.29, 0.717) is 12.2 Å². The fourth-order valence-electron chi connectivity index (χ4n) is 2.35. The average Bonchev–Trinajstić information content (AvgIpc) is 3.03. The van der Waals surface area contributed by atoms with Gasteiger partial charge in [0.25, 0.3) is 10.0 Å². The zero-order chi connectivity index (χ0) is 18.7. The smallest absolute Gasteiger partial charge is 0.263 e. The molecule has 0 fully saturated rings. The first-order chi connectivity index (χ1) is 12.4. The molecule has 26 heavy (non-hydrogen) atoms. The number of sulfonamides is 1. The van der Waals surface area contributed by atoms with Crippen LogP contribution in [0.25, 0.3) is 0 Å². The van der Waals surface area contributed by atoms with Crippen LogP contribution in [-0.2, 0) is 16.6 Å². The van der Waals surface area contributed by atoms with E-state index >= 15 is 0 Å². The van der Waals surface area contributed by atoms with Crippen LogP contribution in [0.5, 0.6) is 5.75 Å². The van der Waals surface area contributed by atoms with Crippen LogP contribution in [0, 0.1) is 0 Å². The third-order valence-corrected chi connectivity index (χ3v) is 5.64. The Morgan fingerprint density at radius 1 is 1.19 bits per heavy atom. The lowest BCUT2D eigenvalue weighted by molar-refractivity contribution is 0.414. The maximum Gasteiger partial charge on any atom is 0.263 e. The van der Waals surface area contributed by atoms with Crippen LogP contribution >= 0.6 is 23.2 Å². The third kappa shape index (κ3) is 4.30. The highest BCUT2D eigenvalue weighted by Crippen LogP contribution is 2.26. The summed E-state index contributed by atoms with van der Waals surface area (Å²) < 4.78 is 34.3. The molecule has 9 heteroatoms. The van der Waals surface area contributed by atoms with Crippen LogP contribution in [0.4, 0.5) is 5.69 Å². The summed E-state index contributed by atoms with van der Waals surface area (Å²) >= 11 is 11.8. The Balaban J connectivity index is 1.78. The van der Waals surface area contributed by atoms with Gasteiger partial charge in [-0.25, -0.2) is 8.42 Å². The van der Waals surface area contributed by atoms with E-state index in [0.717, 1.165) is 11.3 Å². The van der Waals surface area contributed by atoms with Gasteiger partial charge in [0.1, 0.15) is 10.6 Å². The minimum absolute atomic E-state index is 0.0886. The highest BCUT2D eigenvalue weighted by molar-refractivity contribution is 7.92. The summed E-state index contributed by atoms with van der Waals surface area (Å²) in [6.07, 6.45) is 3.02. The molecule has 0 radical (unpaired) electrons. The van der Waals surface area contributed by atoms with E-state index in [-0.39, 0.29) is 14.9 Å². The number of hydrogen-bond donors (Lipinski definition) is 1. The van der Waals surface area contributed by atoms with Crippen LogP contribution in [0.2, 0.25) is 10.0 Å². The van der Waals surface area contributed by atoms with Gasteiger partial charge in [-0.15, -0.1) is 0 Å². The fraction of sp³-hybridized carbons (Fsp3) is 0.118. The first kappa shape index (κ1) is 18.6. The number of anilines is 1. The Labute approximate surface area is 161 Å². The summed E-state index contributed by atoms with van der Waals surface area (Å²) in [6, 6.07) is 11.8. The molecule has 3 aromatic rings. The van der Waals surface area contributed by atoms with Gasteiger partial charge in [-0.1, -0.05) is 35.3 Å². The van der Waals surface area contributed by atoms with E-state index in [1.165, 1.54) is 24.4 Å². The minimum atomic E-state index is -3.88. The second-order valence-electron chi connectivity index (χ2n) is 5.46. The van der Waals surface area contributed by atoms with E-state index in [1.54, 1.807) is 18.0 Å². The van der Waals surface area contributed by atoms with Gasteiger partial charge in [0, 0.05) is 11.2 Å². The molecule has 0 aliphatic carbocycles. The Morgan fingerprint density at radius 2 is 2.00 bits per heavy atom. The molecule has 0 bridgehead atoms. The van der Waals surface area contributed by atoms with Crippen molar-refractivity contribution < 1.29 is 13.2 Å². The molecule has 1 heterocycles. The van der Waals surface area contributed by atoms with Crippen molar-refractivity contribution in [3.8, 4) is 5.75 Å². The van der Waals surface area contributed by atoms with Gasteiger partial charge in [-0.2, -0.15) is 5.10 Å². The predicted octanol–water partition coefficient (Wildman–Crippen LogP) is 4.05. The maximum atomic E-state index is 12.5. The van der Waals surface area contributed by atoms with Crippen molar-refractivity contribution in [2.24, 2.45) is 0 Å². The topological polar surface area (TPSA) is 73.2 Å². The number of nitrogens with zero attached hydrogens (tertiary/aromatic N) is 2. The number of methoxy groups -OCH3 is 1. The Bertz CT molecular complexity index is 1040. The number of hydrogen-bond acceptors (Lipinski definition) is 4.